The minimum atomic E-state index is -0.522. The minimum absolute atomic E-state index is 0.00408. The summed E-state index contributed by atoms with van der Waals surface area (Å²) in [7, 11) is 16.2. The second-order valence-corrected chi connectivity index (χ2v) is 8.84. The molecule has 0 saturated carbocycles. The maximum absolute atomic E-state index is 12.4. The van der Waals surface area contributed by atoms with Crippen LogP contribution in [0.1, 0.15) is 32.6 Å². The Morgan fingerprint density at radius 3 is 1.35 bits per heavy atom. The fourth-order valence-corrected chi connectivity index (χ4v) is 3.51. The van der Waals surface area contributed by atoms with Gasteiger partial charge >= 0.3 is 0 Å². The second-order valence-electron chi connectivity index (χ2n) is 8.84. The van der Waals surface area contributed by atoms with Gasteiger partial charge in [-0.3, -0.25) is 28.8 Å². The van der Waals surface area contributed by atoms with Crippen LogP contribution in [0.15, 0.2) is 0 Å². The van der Waals surface area contributed by atoms with Crippen LogP contribution in [0.2, 0.25) is 19.0 Å². The number of nitrogens with one attached hydrogen (secondary N) is 3. The predicted molar refractivity (Wildman–Crippen MR) is 152 cm³/mol. The van der Waals surface area contributed by atoms with Crippen LogP contribution >= 0.6 is 0 Å². The molecule has 0 atom stereocenters. The second kappa shape index (κ2) is 22.8. The molecule has 4 N–H and O–H groups in total. The van der Waals surface area contributed by atoms with Gasteiger partial charge in [0.25, 0.3) is 0 Å². The van der Waals surface area contributed by atoms with Crippen molar-refractivity contribution in [3.8, 4) is 0 Å². The van der Waals surface area contributed by atoms with Gasteiger partial charge in [0.05, 0.1) is 43.2 Å². The summed E-state index contributed by atoms with van der Waals surface area (Å²) < 4.78 is 0. The zero-order valence-corrected chi connectivity index (χ0v) is 23.5. The van der Waals surface area contributed by atoms with E-state index in [-0.39, 0.29) is 83.2 Å². The van der Waals surface area contributed by atoms with Crippen LogP contribution in [0.5, 0.6) is 0 Å². The monoisotopic (exact) mass is 558 g/mol. The van der Waals surface area contributed by atoms with Crippen molar-refractivity contribution in [2.45, 2.75) is 51.6 Å². The predicted octanol–water partition coefficient (Wildman–Crippen LogP) is -2.85. The van der Waals surface area contributed by atoms with Gasteiger partial charge in [-0.15, -0.1) is 0 Å². The maximum Gasteiger partial charge on any atom is 0.239 e. The number of carbonyl (C=O) groups is 6. The molecule has 6 radical (unpaired) electrons. The molecule has 0 fully saturated rings. The van der Waals surface area contributed by atoms with E-state index in [0.29, 0.717) is 19.5 Å². The van der Waals surface area contributed by atoms with Crippen LogP contribution in [0.4, 0.5) is 0 Å². The first-order valence-corrected chi connectivity index (χ1v) is 13.5. The summed E-state index contributed by atoms with van der Waals surface area (Å²) in [6.07, 6.45) is 2.33. The van der Waals surface area contributed by atoms with Crippen molar-refractivity contribution in [1.82, 2.24) is 30.7 Å². The first kappa shape index (κ1) is 37.0. The number of nitrogens with zero attached hydrogens (tertiary/aromatic N) is 3. The lowest BCUT2D eigenvalue weighted by Crippen LogP contribution is -2.47. The van der Waals surface area contributed by atoms with Crippen molar-refractivity contribution < 1.29 is 33.9 Å². The first-order valence-electron chi connectivity index (χ1n) is 13.5. The van der Waals surface area contributed by atoms with Crippen LogP contribution in [-0.4, -0.2) is 144 Å². The van der Waals surface area contributed by atoms with E-state index in [1.54, 1.807) is 6.92 Å². The fourth-order valence-electron chi connectivity index (χ4n) is 3.51. The van der Waals surface area contributed by atoms with E-state index < -0.39 is 23.6 Å². The highest BCUT2D eigenvalue weighted by Crippen LogP contribution is 1.99. The molecule has 0 bridgehead atoms. The number of hydrogen-bond donors (Lipinski definition) is 4. The number of amides is 6. The third-order valence-corrected chi connectivity index (χ3v) is 5.78. The lowest BCUT2D eigenvalue weighted by Gasteiger charge is -2.24. The molecular weight excluding hydrogens is 517 g/mol. The SMILES string of the molecule is [B]CC(=O)N(CC)CC(=O)NCCN(CC(=O)NCCN(CC(=O)NCCCCCCO)C(=O)C[B])C(=O)C[B]. The molecule has 0 aromatic carbocycles. The third kappa shape index (κ3) is 16.8. The molecule has 0 aliphatic rings. The van der Waals surface area contributed by atoms with Crippen molar-refractivity contribution in [2.75, 3.05) is 65.5 Å². The average Bonchev–Trinajstić information content (AvgIpc) is 2.95. The molecule has 6 amide bonds. The largest absolute Gasteiger partial charge is 0.396 e. The number of aliphatic hydroxyl groups excluding tert-OH is 1. The minimum Gasteiger partial charge on any atom is -0.396 e. The van der Waals surface area contributed by atoms with Gasteiger partial charge in [-0.25, -0.2) is 0 Å². The Hall–Kier alpha value is -3.03. The molecule has 0 heterocycles. The number of unbranched alkanes of at least 4 members (excludes halogenated alkanes) is 3. The van der Waals surface area contributed by atoms with E-state index in [0.717, 1.165) is 19.3 Å². The number of hydrogen-bond acceptors (Lipinski definition) is 7. The van der Waals surface area contributed by atoms with E-state index in [2.05, 4.69) is 16.0 Å². The fraction of sp³-hybridized carbons (Fsp3) is 0.750. The van der Waals surface area contributed by atoms with Gasteiger partial charge < -0.3 is 35.8 Å². The zero-order chi connectivity index (χ0) is 30.3. The molecule has 218 valence electrons. The van der Waals surface area contributed by atoms with Crippen molar-refractivity contribution in [1.29, 1.82) is 0 Å². The summed E-state index contributed by atoms with van der Waals surface area (Å²) in [6, 6.07) is 0. The summed E-state index contributed by atoms with van der Waals surface area (Å²) in [4.78, 5) is 76.5. The maximum atomic E-state index is 12.4. The Morgan fingerprint density at radius 1 is 0.575 bits per heavy atom. The van der Waals surface area contributed by atoms with Gasteiger partial charge in [-0.2, -0.15) is 0 Å². The van der Waals surface area contributed by atoms with Crippen LogP contribution in [-0.2, 0) is 28.8 Å². The molecule has 0 aliphatic heterocycles. The average molecular weight is 558 g/mol. The molecule has 13 nitrogen and oxygen atoms in total. The Labute approximate surface area is 240 Å². The Morgan fingerprint density at radius 2 is 0.950 bits per heavy atom. The van der Waals surface area contributed by atoms with Crippen LogP contribution in [0, 0.1) is 0 Å². The van der Waals surface area contributed by atoms with E-state index in [1.165, 1.54) is 14.7 Å². The molecule has 0 spiro atoms. The smallest absolute Gasteiger partial charge is 0.239 e. The Kier molecular flexibility index (Phi) is 21.0. The highest BCUT2D eigenvalue weighted by molar-refractivity contribution is 6.20. The van der Waals surface area contributed by atoms with Crippen LogP contribution in [0.25, 0.3) is 0 Å². The molecule has 16 heteroatoms. The van der Waals surface area contributed by atoms with Crippen molar-refractivity contribution in [3.05, 3.63) is 0 Å². The van der Waals surface area contributed by atoms with E-state index in [1.807, 2.05) is 0 Å². The summed E-state index contributed by atoms with van der Waals surface area (Å²) in [5.74, 6) is -2.66. The first-order chi connectivity index (χ1) is 19.1. The van der Waals surface area contributed by atoms with Crippen molar-refractivity contribution in [2.24, 2.45) is 0 Å². The number of rotatable bonds is 22. The van der Waals surface area contributed by atoms with Crippen LogP contribution in [0.3, 0.4) is 0 Å². The lowest BCUT2D eigenvalue weighted by molar-refractivity contribution is -0.135. The van der Waals surface area contributed by atoms with Crippen molar-refractivity contribution in [3.63, 3.8) is 0 Å². The van der Waals surface area contributed by atoms with E-state index >= 15 is 0 Å². The van der Waals surface area contributed by atoms with Gasteiger partial charge in [0.2, 0.25) is 35.4 Å². The molecule has 0 saturated heterocycles. The molecular formula is C24H41B3N6O7. The van der Waals surface area contributed by atoms with Gasteiger partial charge in [0, 0.05) is 45.9 Å². The van der Waals surface area contributed by atoms with Gasteiger partial charge in [-0.05, 0) is 38.7 Å². The Balaban J connectivity index is 4.65. The lowest BCUT2D eigenvalue weighted by atomic mass is 10.0. The van der Waals surface area contributed by atoms with Gasteiger partial charge in [0.1, 0.15) is 0 Å². The molecule has 0 aliphatic carbocycles. The standard InChI is InChI=1S/C24H41B3N6O7/c1-2-31(22(38)13-25)16-19(35)29-8-10-33(24(40)15-27)18-21(37)30-9-11-32(23(39)14-26)17-20(36)28-7-5-3-4-6-12-34/h34H,2-18H2,1H3,(H,28,36)(H,29,35)(H,30,37). The molecule has 0 rings (SSSR count). The number of aliphatic hydroxyl groups is 1. The summed E-state index contributed by atoms with van der Waals surface area (Å²) in [5, 5.41) is 16.7. The molecule has 40 heavy (non-hydrogen) atoms. The molecule has 0 aromatic rings. The van der Waals surface area contributed by atoms with Gasteiger partial charge in [0.15, 0.2) is 0 Å². The highest BCUT2D eigenvalue weighted by atomic mass is 16.3. The topological polar surface area (TPSA) is 168 Å². The Bertz CT molecular complexity index is 822. The summed E-state index contributed by atoms with van der Waals surface area (Å²) >= 11 is 0. The highest BCUT2D eigenvalue weighted by Gasteiger charge is 2.19. The number of likely N-dealkylation sites (N-methyl/N-ethyl adjacent to an activating group) is 1. The van der Waals surface area contributed by atoms with E-state index in [4.69, 9.17) is 28.6 Å². The van der Waals surface area contributed by atoms with Crippen molar-refractivity contribution >= 4 is 59.0 Å². The number of carbonyl (C=O) groups excluding carboxylic acids is 6. The summed E-state index contributed by atoms with van der Waals surface area (Å²) in [6.45, 7) is 1.95. The quantitative estimate of drug-likeness (QED) is 0.0820. The zero-order valence-electron chi connectivity index (χ0n) is 23.5. The molecule has 0 aromatic heterocycles. The normalized spacial score (nSPS) is 10.3. The van der Waals surface area contributed by atoms with Crippen LogP contribution < -0.4 is 16.0 Å². The van der Waals surface area contributed by atoms with Gasteiger partial charge in [-0.1, -0.05) is 12.8 Å². The summed E-state index contributed by atoms with van der Waals surface area (Å²) in [5.41, 5.74) is 0. The third-order valence-electron chi connectivity index (χ3n) is 5.78. The van der Waals surface area contributed by atoms with E-state index in [9.17, 15) is 28.8 Å². The molecule has 0 unspecified atom stereocenters.